The van der Waals surface area contributed by atoms with Crippen LogP contribution in [0.3, 0.4) is 0 Å². The number of nitriles is 1. The fourth-order valence-electron chi connectivity index (χ4n) is 1.79. The molecule has 0 aliphatic carbocycles. The summed E-state index contributed by atoms with van der Waals surface area (Å²) in [6.45, 7) is 4.79. The molecule has 1 atom stereocenters. The number of benzene rings is 1. The molecule has 0 aliphatic rings. The highest BCUT2D eigenvalue weighted by atomic mass is 15.0. The summed E-state index contributed by atoms with van der Waals surface area (Å²) in [5.74, 6) is 0.929. The first-order valence-corrected chi connectivity index (χ1v) is 5.93. The van der Waals surface area contributed by atoms with Crippen molar-refractivity contribution in [3.63, 3.8) is 0 Å². The Morgan fingerprint density at radius 1 is 1.39 bits per heavy atom. The van der Waals surface area contributed by atoms with Crippen LogP contribution in [0.5, 0.6) is 0 Å². The first-order valence-electron chi connectivity index (χ1n) is 5.93. The minimum Gasteiger partial charge on any atom is -0.345 e. The van der Waals surface area contributed by atoms with Crippen LogP contribution in [-0.2, 0) is 6.54 Å². The number of rotatable bonds is 4. The summed E-state index contributed by atoms with van der Waals surface area (Å²) in [7, 11) is 0. The summed E-state index contributed by atoms with van der Waals surface area (Å²) < 4.78 is 0. The van der Waals surface area contributed by atoms with E-state index in [2.05, 4.69) is 28.3 Å². The predicted molar refractivity (Wildman–Crippen MR) is 69.7 cm³/mol. The summed E-state index contributed by atoms with van der Waals surface area (Å²) in [4.78, 5) is 7.34. The molecule has 0 saturated carbocycles. The fourth-order valence-corrected chi connectivity index (χ4v) is 1.79. The topological polar surface area (TPSA) is 64.5 Å². The van der Waals surface area contributed by atoms with Crippen molar-refractivity contribution in [2.45, 2.75) is 26.4 Å². The largest absolute Gasteiger partial charge is 0.345 e. The van der Waals surface area contributed by atoms with Gasteiger partial charge in [-0.3, -0.25) is 0 Å². The molecular weight excluding hydrogens is 224 g/mol. The maximum atomic E-state index is 8.74. The van der Waals surface area contributed by atoms with Gasteiger partial charge >= 0.3 is 0 Å². The number of nitrogens with one attached hydrogen (secondary N) is 2. The van der Waals surface area contributed by atoms with E-state index in [4.69, 9.17) is 5.26 Å². The second kappa shape index (κ2) is 5.48. The summed E-state index contributed by atoms with van der Waals surface area (Å²) in [6.07, 6.45) is 1.84. The van der Waals surface area contributed by atoms with Gasteiger partial charge < -0.3 is 10.3 Å². The lowest BCUT2D eigenvalue weighted by Gasteiger charge is -2.13. The van der Waals surface area contributed by atoms with E-state index in [0.29, 0.717) is 5.56 Å². The van der Waals surface area contributed by atoms with Gasteiger partial charge in [0.25, 0.3) is 0 Å². The van der Waals surface area contributed by atoms with E-state index in [0.717, 1.165) is 18.1 Å². The zero-order chi connectivity index (χ0) is 13.0. The summed E-state index contributed by atoms with van der Waals surface area (Å²) in [5.41, 5.74) is 2.94. The highest BCUT2D eigenvalue weighted by Gasteiger charge is 2.05. The number of H-pyrrole nitrogens is 1. The lowest BCUT2D eigenvalue weighted by Crippen LogP contribution is -2.18. The minimum atomic E-state index is 0.237. The van der Waals surface area contributed by atoms with E-state index in [1.54, 1.807) is 0 Å². The molecule has 92 valence electrons. The van der Waals surface area contributed by atoms with Crippen molar-refractivity contribution in [1.29, 1.82) is 5.26 Å². The standard InChI is InChI=1S/C14H16N4/c1-10(13-5-3-12(7-15)4-6-13)16-8-14-9-17-11(2)18-14/h3-6,9-10,16H,8H2,1-2H3,(H,17,18). The molecule has 2 rings (SSSR count). The fraction of sp³-hybridized carbons (Fsp3) is 0.286. The Hall–Kier alpha value is -2.12. The first-order chi connectivity index (χ1) is 8.69. The van der Waals surface area contributed by atoms with Crippen molar-refractivity contribution in [2.24, 2.45) is 0 Å². The molecule has 0 radical (unpaired) electrons. The molecule has 0 saturated heterocycles. The third-order valence-corrected chi connectivity index (χ3v) is 2.89. The zero-order valence-corrected chi connectivity index (χ0v) is 10.6. The molecule has 1 aromatic heterocycles. The SMILES string of the molecule is Cc1ncc(CNC(C)c2ccc(C#N)cc2)[nH]1. The van der Waals surface area contributed by atoms with E-state index in [-0.39, 0.29) is 6.04 Å². The molecular formula is C14H16N4. The average molecular weight is 240 g/mol. The zero-order valence-electron chi connectivity index (χ0n) is 10.6. The number of nitrogens with zero attached hydrogens (tertiary/aromatic N) is 2. The summed E-state index contributed by atoms with van der Waals surface area (Å²) >= 11 is 0. The van der Waals surface area contributed by atoms with Crippen molar-refractivity contribution in [1.82, 2.24) is 15.3 Å². The second-order valence-corrected chi connectivity index (χ2v) is 4.33. The van der Waals surface area contributed by atoms with Crippen molar-refractivity contribution < 1.29 is 0 Å². The minimum absolute atomic E-state index is 0.237. The Morgan fingerprint density at radius 3 is 2.67 bits per heavy atom. The maximum Gasteiger partial charge on any atom is 0.103 e. The van der Waals surface area contributed by atoms with Gasteiger partial charge in [0, 0.05) is 24.5 Å². The Morgan fingerprint density at radius 2 is 2.11 bits per heavy atom. The van der Waals surface area contributed by atoms with Crippen molar-refractivity contribution in [3.05, 3.63) is 53.1 Å². The molecule has 0 bridgehead atoms. The number of aryl methyl sites for hydroxylation is 1. The van der Waals surface area contributed by atoms with Crippen LogP contribution in [0, 0.1) is 18.3 Å². The van der Waals surface area contributed by atoms with Gasteiger partial charge in [0.1, 0.15) is 5.82 Å². The smallest absolute Gasteiger partial charge is 0.103 e. The molecule has 18 heavy (non-hydrogen) atoms. The number of hydrogen-bond acceptors (Lipinski definition) is 3. The lowest BCUT2D eigenvalue weighted by atomic mass is 10.1. The molecule has 0 amide bonds. The summed E-state index contributed by atoms with van der Waals surface area (Å²) in [6, 6.07) is 10.0. The Kier molecular flexibility index (Phi) is 3.75. The predicted octanol–water partition coefficient (Wildman–Crippen LogP) is 2.44. The molecule has 0 aliphatic heterocycles. The van der Waals surface area contributed by atoms with E-state index in [1.807, 2.05) is 37.4 Å². The van der Waals surface area contributed by atoms with E-state index in [1.165, 1.54) is 5.56 Å². The van der Waals surface area contributed by atoms with Crippen molar-refractivity contribution in [2.75, 3.05) is 0 Å². The van der Waals surface area contributed by atoms with Crippen LogP contribution in [0.15, 0.2) is 30.5 Å². The number of hydrogen-bond donors (Lipinski definition) is 2. The van der Waals surface area contributed by atoms with Gasteiger partial charge in [-0.2, -0.15) is 5.26 Å². The molecule has 2 N–H and O–H groups in total. The monoisotopic (exact) mass is 240 g/mol. The van der Waals surface area contributed by atoms with Gasteiger partial charge in [-0.1, -0.05) is 12.1 Å². The van der Waals surface area contributed by atoms with Crippen LogP contribution in [0.2, 0.25) is 0 Å². The van der Waals surface area contributed by atoms with E-state index < -0.39 is 0 Å². The molecule has 0 spiro atoms. The van der Waals surface area contributed by atoms with E-state index in [9.17, 15) is 0 Å². The van der Waals surface area contributed by atoms with Gasteiger partial charge in [0.2, 0.25) is 0 Å². The molecule has 4 heteroatoms. The number of aromatic amines is 1. The van der Waals surface area contributed by atoms with Crippen LogP contribution in [0.4, 0.5) is 0 Å². The van der Waals surface area contributed by atoms with Crippen LogP contribution < -0.4 is 5.32 Å². The Balaban J connectivity index is 1.95. The van der Waals surface area contributed by atoms with Crippen LogP contribution in [-0.4, -0.2) is 9.97 Å². The Bertz CT molecular complexity index is 548. The van der Waals surface area contributed by atoms with Gasteiger partial charge in [-0.05, 0) is 31.5 Å². The first kappa shape index (κ1) is 12.3. The third-order valence-electron chi connectivity index (χ3n) is 2.89. The third kappa shape index (κ3) is 2.96. The molecule has 1 heterocycles. The quantitative estimate of drug-likeness (QED) is 0.862. The van der Waals surface area contributed by atoms with Crippen LogP contribution >= 0.6 is 0 Å². The van der Waals surface area contributed by atoms with Crippen molar-refractivity contribution in [3.8, 4) is 6.07 Å². The van der Waals surface area contributed by atoms with Gasteiger partial charge in [0.15, 0.2) is 0 Å². The molecule has 1 aromatic carbocycles. The van der Waals surface area contributed by atoms with Crippen LogP contribution in [0.1, 0.15) is 35.6 Å². The maximum absolute atomic E-state index is 8.74. The molecule has 4 nitrogen and oxygen atoms in total. The van der Waals surface area contributed by atoms with Gasteiger partial charge in [-0.15, -0.1) is 0 Å². The highest BCUT2D eigenvalue weighted by Crippen LogP contribution is 2.13. The normalized spacial score (nSPS) is 12.1. The molecule has 2 aromatic rings. The summed E-state index contributed by atoms with van der Waals surface area (Å²) in [5, 5.41) is 12.2. The average Bonchev–Trinajstić information content (AvgIpc) is 2.82. The highest BCUT2D eigenvalue weighted by molar-refractivity contribution is 5.32. The van der Waals surface area contributed by atoms with Crippen LogP contribution in [0.25, 0.3) is 0 Å². The van der Waals surface area contributed by atoms with Crippen molar-refractivity contribution >= 4 is 0 Å². The number of aromatic nitrogens is 2. The van der Waals surface area contributed by atoms with E-state index >= 15 is 0 Å². The van der Waals surface area contributed by atoms with Gasteiger partial charge in [-0.25, -0.2) is 4.98 Å². The Labute approximate surface area is 107 Å². The van der Waals surface area contributed by atoms with Gasteiger partial charge in [0.05, 0.1) is 11.6 Å². The molecule has 0 fully saturated rings. The second-order valence-electron chi connectivity index (χ2n) is 4.33. The molecule has 1 unspecified atom stereocenters. The lowest BCUT2D eigenvalue weighted by molar-refractivity contribution is 0.568. The number of imidazole rings is 1.